The van der Waals surface area contributed by atoms with Gasteiger partial charge in [0.2, 0.25) is 0 Å². The van der Waals surface area contributed by atoms with Crippen LogP contribution in [-0.4, -0.2) is 29.5 Å². The normalized spacial score (nSPS) is 10.9. The SMILES string of the molecule is Cc1nn(-c2cc(Cc3nn(C)c(-c4ccc(F)cc4)c3C)ncn2)c(C)c1C#N. The van der Waals surface area contributed by atoms with Gasteiger partial charge in [-0.1, -0.05) is 0 Å². The minimum atomic E-state index is -0.268. The lowest BCUT2D eigenvalue weighted by molar-refractivity contribution is 0.628. The lowest BCUT2D eigenvalue weighted by Gasteiger charge is -2.06. The molecule has 3 heterocycles. The molecule has 0 atom stereocenters. The van der Waals surface area contributed by atoms with Gasteiger partial charge in [0.25, 0.3) is 0 Å². The molecule has 0 unspecified atom stereocenters. The number of benzene rings is 1. The van der Waals surface area contributed by atoms with Crippen LogP contribution in [0.1, 0.15) is 33.9 Å². The summed E-state index contributed by atoms with van der Waals surface area (Å²) in [4.78, 5) is 8.71. The molecule has 0 aliphatic rings. The molecule has 0 saturated carbocycles. The molecule has 0 amide bonds. The zero-order valence-corrected chi connectivity index (χ0v) is 17.2. The maximum atomic E-state index is 13.3. The van der Waals surface area contributed by atoms with Crippen LogP contribution in [0, 0.1) is 37.9 Å². The lowest BCUT2D eigenvalue weighted by Crippen LogP contribution is -2.05. The van der Waals surface area contributed by atoms with Crippen LogP contribution in [-0.2, 0) is 13.5 Å². The fourth-order valence-corrected chi connectivity index (χ4v) is 3.66. The summed E-state index contributed by atoms with van der Waals surface area (Å²) >= 11 is 0. The van der Waals surface area contributed by atoms with Crippen LogP contribution in [0.15, 0.2) is 36.7 Å². The van der Waals surface area contributed by atoms with Crippen molar-refractivity contribution in [2.75, 3.05) is 0 Å². The molecule has 0 bridgehead atoms. The van der Waals surface area contributed by atoms with E-state index in [-0.39, 0.29) is 5.82 Å². The van der Waals surface area contributed by atoms with Gasteiger partial charge in [-0.15, -0.1) is 0 Å². The minimum absolute atomic E-state index is 0.268. The van der Waals surface area contributed by atoms with E-state index in [1.54, 1.807) is 28.4 Å². The van der Waals surface area contributed by atoms with E-state index in [4.69, 9.17) is 0 Å². The molecule has 4 aromatic rings. The smallest absolute Gasteiger partial charge is 0.157 e. The van der Waals surface area contributed by atoms with Gasteiger partial charge in [0.15, 0.2) is 5.82 Å². The monoisotopic (exact) mass is 401 g/mol. The van der Waals surface area contributed by atoms with E-state index < -0.39 is 0 Å². The van der Waals surface area contributed by atoms with Gasteiger partial charge in [0.05, 0.1) is 34.0 Å². The number of aromatic nitrogens is 6. The van der Waals surface area contributed by atoms with Gasteiger partial charge in [-0.2, -0.15) is 15.5 Å². The Morgan fingerprint density at radius 2 is 1.80 bits per heavy atom. The zero-order chi connectivity index (χ0) is 21.4. The summed E-state index contributed by atoms with van der Waals surface area (Å²) in [6.45, 7) is 5.65. The molecule has 4 rings (SSSR count). The van der Waals surface area contributed by atoms with Gasteiger partial charge in [0, 0.05) is 25.1 Å². The topological polar surface area (TPSA) is 85.2 Å². The Hall–Kier alpha value is -3.86. The quantitative estimate of drug-likeness (QED) is 0.522. The van der Waals surface area contributed by atoms with Gasteiger partial charge < -0.3 is 0 Å². The van der Waals surface area contributed by atoms with Gasteiger partial charge in [-0.05, 0) is 50.6 Å². The van der Waals surface area contributed by atoms with Crippen LogP contribution in [0.5, 0.6) is 0 Å². The van der Waals surface area contributed by atoms with Gasteiger partial charge in [0.1, 0.15) is 18.2 Å². The molecule has 150 valence electrons. The zero-order valence-electron chi connectivity index (χ0n) is 17.2. The molecule has 30 heavy (non-hydrogen) atoms. The third kappa shape index (κ3) is 3.35. The Balaban J connectivity index is 1.68. The Bertz CT molecular complexity index is 1280. The number of rotatable bonds is 4. The van der Waals surface area contributed by atoms with Crippen molar-refractivity contribution in [1.29, 1.82) is 5.26 Å². The number of hydrogen-bond acceptors (Lipinski definition) is 5. The molecule has 0 spiro atoms. The van der Waals surface area contributed by atoms with Crippen LogP contribution >= 0.6 is 0 Å². The summed E-state index contributed by atoms with van der Waals surface area (Å²) < 4.78 is 16.8. The van der Waals surface area contributed by atoms with Crippen molar-refractivity contribution in [1.82, 2.24) is 29.5 Å². The van der Waals surface area contributed by atoms with Crippen molar-refractivity contribution in [3.8, 4) is 23.1 Å². The molecule has 0 fully saturated rings. The summed E-state index contributed by atoms with van der Waals surface area (Å²) in [6.07, 6.45) is 2.01. The van der Waals surface area contributed by atoms with Crippen molar-refractivity contribution < 1.29 is 4.39 Å². The van der Waals surface area contributed by atoms with Crippen LogP contribution in [0.4, 0.5) is 4.39 Å². The molecule has 0 aliphatic heterocycles. The molecular weight excluding hydrogens is 381 g/mol. The van der Waals surface area contributed by atoms with Gasteiger partial charge in [-0.3, -0.25) is 4.68 Å². The standard InChI is InChI=1S/C22H20FN7/c1-13-20(28-29(4)22(13)16-5-7-17(23)8-6-16)9-18-10-21(26-12-25-18)30-15(3)19(11-24)14(2)27-30/h5-8,10,12H,9H2,1-4H3. The largest absolute Gasteiger partial charge is 0.267 e. The summed E-state index contributed by atoms with van der Waals surface area (Å²) in [7, 11) is 1.87. The molecule has 0 aliphatic carbocycles. The highest BCUT2D eigenvalue weighted by atomic mass is 19.1. The van der Waals surface area contributed by atoms with Gasteiger partial charge in [-0.25, -0.2) is 19.0 Å². The minimum Gasteiger partial charge on any atom is -0.267 e. The second-order valence-corrected chi connectivity index (χ2v) is 7.16. The van der Waals surface area contributed by atoms with E-state index >= 15 is 0 Å². The fraction of sp³-hybridized carbons (Fsp3) is 0.227. The molecule has 0 saturated heterocycles. The summed E-state index contributed by atoms with van der Waals surface area (Å²) in [6, 6.07) is 10.4. The maximum absolute atomic E-state index is 13.3. The Morgan fingerprint density at radius 3 is 2.47 bits per heavy atom. The number of nitrogens with zero attached hydrogens (tertiary/aromatic N) is 7. The predicted molar refractivity (Wildman–Crippen MR) is 109 cm³/mol. The van der Waals surface area contributed by atoms with Crippen LogP contribution in [0.2, 0.25) is 0 Å². The highest BCUT2D eigenvalue weighted by Gasteiger charge is 2.17. The molecule has 1 aromatic carbocycles. The highest BCUT2D eigenvalue weighted by molar-refractivity contribution is 5.64. The first-order valence-corrected chi connectivity index (χ1v) is 9.45. The highest BCUT2D eigenvalue weighted by Crippen LogP contribution is 2.27. The van der Waals surface area contributed by atoms with E-state index in [0.29, 0.717) is 23.5 Å². The summed E-state index contributed by atoms with van der Waals surface area (Å²) in [5, 5.41) is 18.4. The molecular formula is C22H20FN7. The second-order valence-electron chi connectivity index (χ2n) is 7.16. The van der Waals surface area contributed by atoms with Crippen LogP contribution in [0.25, 0.3) is 17.1 Å². The average Bonchev–Trinajstić information content (AvgIpc) is 3.17. The predicted octanol–water partition coefficient (Wildman–Crippen LogP) is 3.59. The Morgan fingerprint density at radius 1 is 1.07 bits per heavy atom. The van der Waals surface area contributed by atoms with E-state index in [2.05, 4.69) is 26.2 Å². The van der Waals surface area contributed by atoms with Crippen molar-refractivity contribution in [3.63, 3.8) is 0 Å². The Labute approximate surface area is 173 Å². The van der Waals surface area contributed by atoms with Crippen molar-refractivity contribution in [2.45, 2.75) is 27.2 Å². The maximum Gasteiger partial charge on any atom is 0.157 e. The average molecular weight is 401 g/mol. The van der Waals surface area contributed by atoms with E-state index in [1.807, 2.05) is 27.0 Å². The number of hydrogen-bond donors (Lipinski definition) is 0. The molecule has 0 N–H and O–H groups in total. The van der Waals surface area contributed by atoms with Crippen molar-refractivity contribution in [3.05, 3.63) is 76.4 Å². The first-order valence-electron chi connectivity index (χ1n) is 9.45. The van der Waals surface area contributed by atoms with E-state index in [9.17, 15) is 9.65 Å². The molecule has 3 aromatic heterocycles. The first kappa shape index (κ1) is 19.5. The molecule has 0 radical (unpaired) electrons. The van der Waals surface area contributed by atoms with Crippen molar-refractivity contribution >= 4 is 0 Å². The third-order valence-corrected chi connectivity index (χ3v) is 5.18. The number of halogens is 1. The number of aryl methyl sites for hydroxylation is 2. The fourth-order valence-electron chi connectivity index (χ4n) is 3.66. The lowest BCUT2D eigenvalue weighted by atomic mass is 10.0. The second kappa shape index (κ2) is 7.52. The molecule has 8 heteroatoms. The summed E-state index contributed by atoms with van der Waals surface area (Å²) in [5.41, 5.74) is 6.50. The number of nitriles is 1. The van der Waals surface area contributed by atoms with Crippen LogP contribution < -0.4 is 0 Å². The summed E-state index contributed by atoms with van der Waals surface area (Å²) in [5.74, 6) is 0.338. The van der Waals surface area contributed by atoms with E-state index in [1.165, 1.54) is 18.5 Å². The van der Waals surface area contributed by atoms with E-state index in [0.717, 1.165) is 33.9 Å². The first-order chi connectivity index (χ1) is 14.4. The van der Waals surface area contributed by atoms with Gasteiger partial charge >= 0.3 is 0 Å². The third-order valence-electron chi connectivity index (χ3n) is 5.18. The van der Waals surface area contributed by atoms with Crippen LogP contribution in [0.3, 0.4) is 0 Å². The molecule has 7 nitrogen and oxygen atoms in total. The van der Waals surface area contributed by atoms with Crippen molar-refractivity contribution in [2.24, 2.45) is 7.05 Å². The Kier molecular flexibility index (Phi) is 4.88.